The molecule has 0 amide bonds. The number of anilines is 1. The van der Waals surface area contributed by atoms with E-state index in [-0.39, 0.29) is 22.1 Å². The number of nitrogens with zero attached hydrogens (tertiary/aromatic N) is 1. The summed E-state index contributed by atoms with van der Waals surface area (Å²) < 4.78 is 44.5. The monoisotopic (exact) mass is 326 g/mol. The first kappa shape index (κ1) is 15.7. The van der Waals surface area contributed by atoms with Gasteiger partial charge in [-0.3, -0.25) is 4.72 Å². The van der Waals surface area contributed by atoms with Crippen molar-refractivity contribution in [2.45, 2.75) is 4.90 Å². The highest BCUT2D eigenvalue weighted by Gasteiger charge is 2.17. The van der Waals surface area contributed by atoms with Crippen molar-refractivity contribution < 1.29 is 22.7 Å². The number of aromatic hydroxyl groups is 1. The summed E-state index contributed by atoms with van der Waals surface area (Å²) in [5, 5.41) is 12.0. The van der Waals surface area contributed by atoms with Gasteiger partial charge in [0.15, 0.2) is 17.3 Å². The minimum absolute atomic E-state index is 0.0724. The van der Waals surface area contributed by atoms with Gasteiger partial charge in [0.05, 0.1) is 17.7 Å². The molecule has 116 valence electrons. The number of phenols is 1. The van der Waals surface area contributed by atoms with Crippen LogP contribution in [-0.2, 0) is 10.0 Å². The lowest BCUT2D eigenvalue weighted by molar-refractivity contribution is 0.373. The third-order valence-electron chi connectivity index (χ3n) is 2.76. The van der Waals surface area contributed by atoms with Crippen LogP contribution < -0.4 is 9.46 Å². The summed E-state index contributed by atoms with van der Waals surface area (Å²) in [4.78, 5) is 10.1. The van der Waals surface area contributed by atoms with Crippen LogP contribution in [0.2, 0.25) is 0 Å². The summed E-state index contributed by atoms with van der Waals surface area (Å²) in [5.74, 6) is -0.995. The van der Waals surface area contributed by atoms with Crippen LogP contribution in [0.4, 0.5) is 15.8 Å². The molecule has 0 unspecified atom stereocenters. The third kappa shape index (κ3) is 3.14. The molecule has 2 aromatic carbocycles. The largest absolute Gasteiger partial charge is 0.504 e. The molecule has 0 aliphatic heterocycles. The molecule has 0 heterocycles. The highest BCUT2D eigenvalue weighted by molar-refractivity contribution is 7.92. The highest BCUT2D eigenvalue weighted by Crippen LogP contribution is 2.30. The predicted molar refractivity (Wildman–Crippen MR) is 77.3 cm³/mol. The Bertz CT molecular complexity index is 823. The smallest absolute Gasteiger partial charge is 0.261 e. The molecular weight excluding hydrogens is 315 g/mol. The first-order chi connectivity index (χ1) is 10.4. The van der Waals surface area contributed by atoms with Crippen molar-refractivity contribution in [1.29, 1.82) is 0 Å². The Morgan fingerprint density at radius 3 is 2.55 bits per heavy atom. The average Bonchev–Trinajstić information content (AvgIpc) is 2.47. The Labute approximate surface area is 125 Å². The van der Waals surface area contributed by atoms with Gasteiger partial charge in [-0.25, -0.2) is 12.8 Å². The van der Waals surface area contributed by atoms with E-state index in [4.69, 9.17) is 4.74 Å². The molecule has 9 heteroatoms. The zero-order valence-corrected chi connectivity index (χ0v) is 12.1. The molecule has 0 fully saturated rings. The molecule has 2 N–H and O–H groups in total. The molecule has 0 saturated carbocycles. The number of hydrogen-bond acceptors (Lipinski definition) is 6. The van der Waals surface area contributed by atoms with E-state index in [2.05, 4.69) is 9.90 Å². The van der Waals surface area contributed by atoms with Crippen molar-refractivity contribution in [3.63, 3.8) is 0 Å². The van der Waals surface area contributed by atoms with Crippen LogP contribution in [0.1, 0.15) is 0 Å². The van der Waals surface area contributed by atoms with Gasteiger partial charge in [0.25, 0.3) is 10.0 Å². The Morgan fingerprint density at radius 2 is 1.95 bits per heavy atom. The molecule has 2 rings (SSSR count). The van der Waals surface area contributed by atoms with Crippen molar-refractivity contribution >= 4 is 21.4 Å². The molecule has 2 aromatic rings. The van der Waals surface area contributed by atoms with Gasteiger partial charge >= 0.3 is 0 Å². The summed E-state index contributed by atoms with van der Waals surface area (Å²) in [7, 11) is -2.71. The van der Waals surface area contributed by atoms with Gasteiger partial charge in [0.2, 0.25) is 0 Å². The Kier molecular flexibility index (Phi) is 4.27. The van der Waals surface area contributed by atoms with Crippen LogP contribution in [0, 0.1) is 10.7 Å². The van der Waals surface area contributed by atoms with E-state index in [1.54, 1.807) is 0 Å². The zero-order valence-electron chi connectivity index (χ0n) is 11.3. The van der Waals surface area contributed by atoms with E-state index < -0.39 is 21.5 Å². The van der Waals surface area contributed by atoms with Gasteiger partial charge in [0.1, 0.15) is 5.69 Å². The van der Waals surface area contributed by atoms with Gasteiger partial charge in [-0.05, 0) is 35.5 Å². The number of phenolic OH excluding ortho intramolecular Hbond substituents is 1. The number of hydrogen-bond donors (Lipinski definition) is 2. The second kappa shape index (κ2) is 5.98. The van der Waals surface area contributed by atoms with Gasteiger partial charge in [-0.2, -0.15) is 0 Å². The lowest BCUT2D eigenvalue weighted by atomic mass is 10.3. The Balaban J connectivity index is 2.35. The maximum Gasteiger partial charge on any atom is 0.261 e. The van der Waals surface area contributed by atoms with Gasteiger partial charge < -0.3 is 9.84 Å². The average molecular weight is 326 g/mol. The Hall–Kier alpha value is -2.68. The number of rotatable bonds is 5. The number of nitroso groups, excluding NO2 is 1. The Morgan fingerprint density at radius 1 is 1.23 bits per heavy atom. The number of ether oxygens (including phenoxy) is 1. The minimum Gasteiger partial charge on any atom is -0.504 e. The molecule has 0 spiro atoms. The summed E-state index contributed by atoms with van der Waals surface area (Å²) in [6.07, 6.45) is 0. The van der Waals surface area contributed by atoms with Crippen LogP contribution in [-0.4, -0.2) is 20.6 Å². The molecule has 0 atom stereocenters. The second-order valence-corrected chi connectivity index (χ2v) is 5.88. The fraction of sp³-hybridized carbons (Fsp3) is 0.0769. The number of methoxy groups -OCH3 is 1. The van der Waals surface area contributed by atoms with E-state index in [1.165, 1.54) is 19.2 Å². The van der Waals surface area contributed by atoms with E-state index in [0.717, 1.165) is 24.3 Å². The fourth-order valence-electron chi connectivity index (χ4n) is 1.70. The van der Waals surface area contributed by atoms with Crippen molar-refractivity contribution in [3.05, 3.63) is 47.1 Å². The van der Waals surface area contributed by atoms with Crippen molar-refractivity contribution in [3.8, 4) is 11.5 Å². The van der Waals surface area contributed by atoms with Gasteiger partial charge in [0, 0.05) is 6.07 Å². The lowest BCUT2D eigenvalue weighted by Gasteiger charge is -2.10. The molecular formula is C13H11FN2O5S. The molecule has 0 aliphatic carbocycles. The highest BCUT2D eigenvalue weighted by atomic mass is 32.2. The molecule has 0 aromatic heterocycles. The van der Waals surface area contributed by atoms with E-state index in [1.807, 2.05) is 0 Å². The summed E-state index contributed by atoms with van der Waals surface area (Å²) in [6.45, 7) is 0. The van der Waals surface area contributed by atoms with Crippen LogP contribution >= 0.6 is 0 Å². The van der Waals surface area contributed by atoms with Crippen molar-refractivity contribution in [2.75, 3.05) is 11.8 Å². The summed E-state index contributed by atoms with van der Waals surface area (Å²) in [5.41, 5.74) is -0.538. The molecule has 0 bridgehead atoms. The quantitative estimate of drug-likeness (QED) is 0.822. The van der Waals surface area contributed by atoms with Crippen LogP contribution in [0.3, 0.4) is 0 Å². The normalized spacial score (nSPS) is 11.0. The van der Waals surface area contributed by atoms with Gasteiger partial charge in [-0.15, -0.1) is 4.91 Å². The van der Waals surface area contributed by atoms with E-state index >= 15 is 0 Å². The number of nitrogens with one attached hydrogen (secondary N) is 1. The first-order valence-electron chi connectivity index (χ1n) is 5.90. The van der Waals surface area contributed by atoms with Crippen LogP contribution in [0.15, 0.2) is 46.5 Å². The molecule has 7 nitrogen and oxygen atoms in total. The minimum atomic E-state index is -4.07. The molecule has 0 aliphatic rings. The van der Waals surface area contributed by atoms with E-state index in [9.17, 15) is 22.8 Å². The number of sulfonamides is 1. The maximum atomic E-state index is 13.2. The third-order valence-corrected chi connectivity index (χ3v) is 4.14. The SMILES string of the molecule is COc1ccc(NS(=O)(=O)c2ccc(F)c(N=O)c2)cc1O. The fourth-order valence-corrected chi connectivity index (χ4v) is 2.77. The second-order valence-electron chi connectivity index (χ2n) is 4.20. The lowest BCUT2D eigenvalue weighted by Crippen LogP contribution is -2.13. The van der Waals surface area contributed by atoms with Gasteiger partial charge in [-0.1, -0.05) is 0 Å². The number of benzene rings is 2. The molecule has 22 heavy (non-hydrogen) atoms. The van der Waals surface area contributed by atoms with Crippen molar-refractivity contribution in [1.82, 2.24) is 0 Å². The maximum absolute atomic E-state index is 13.2. The zero-order chi connectivity index (χ0) is 16.3. The van der Waals surface area contributed by atoms with Crippen LogP contribution in [0.5, 0.6) is 11.5 Å². The van der Waals surface area contributed by atoms with Crippen molar-refractivity contribution in [2.24, 2.45) is 5.18 Å². The van der Waals surface area contributed by atoms with E-state index in [0.29, 0.717) is 0 Å². The molecule has 0 radical (unpaired) electrons. The standard InChI is InChI=1S/C13H11FN2O5S/c1-21-13-5-2-8(6-12(13)17)16-22(19,20)9-3-4-10(14)11(7-9)15-18/h2-7,16-17H,1H3. The summed E-state index contributed by atoms with van der Waals surface area (Å²) >= 11 is 0. The summed E-state index contributed by atoms with van der Waals surface area (Å²) in [6, 6.07) is 6.54. The molecule has 0 saturated heterocycles. The topological polar surface area (TPSA) is 105 Å². The van der Waals surface area contributed by atoms with Crippen LogP contribution in [0.25, 0.3) is 0 Å². The first-order valence-corrected chi connectivity index (χ1v) is 7.38. The number of halogens is 1. The predicted octanol–water partition coefficient (Wildman–Crippen LogP) is 2.74.